The highest BCUT2D eigenvalue weighted by molar-refractivity contribution is 7.91. The molecule has 86 valence electrons. The molecule has 0 saturated carbocycles. The molecule has 0 aliphatic rings. The number of nitrogens with zero attached hydrogens (tertiary/aromatic N) is 1. The zero-order valence-corrected chi connectivity index (χ0v) is 9.75. The highest BCUT2D eigenvalue weighted by Crippen LogP contribution is 1.98. The lowest BCUT2D eigenvalue weighted by Crippen LogP contribution is -2.33. The van der Waals surface area contributed by atoms with Crippen LogP contribution in [0.2, 0.25) is 0 Å². The van der Waals surface area contributed by atoms with E-state index in [-0.39, 0.29) is 17.5 Å². The van der Waals surface area contributed by atoms with Crippen LogP contribution in [0.3, 0.4) is 0 Å². The third-order valence-corrected chi connectivity index (χ3v) is 3.95. The minimum atomic E-state index is -2.92. The van der Waals surface area contributed by atoms with Crippen molar-refractivity contribution in [2.45, 2.75) is 26.4 Å². The van der Waals surface area contributed by atoms with Crippen LogP contribution in [0.5, 0.6) is 0 Å². The van der Waals surface area contributed by atoms with Gasteiger partial charge in [0.2, 0.25) is 0 Å². The monoisotopic (exact) mass is 232 g/mol. The molecule has 1 aromatic heterocycles. The van der Waals surface area contributed by atoms with Gasteiger partial charge >= 0.3 is 0 Å². The van der Waals surface area contributed by atoms with Gasteiger partial charge in [0.15, 0.2) is 9.84 Å². The van der Waals surface area contributed by atoms with Crippen LogP contribution in [0, 0.1) is 0 Å². The summed E-state index contributed by atoms with van der Waals surface area (Å²) in [6, 6.07) is 1.66. The maximum Gasteiger partial charge on any atom is 0.151 e. The molecule has 0 saturated heterocycles. The van der Waals surface area contributed by atoms with Gasteiger partial charge in [-0.1, -0.05) is 12.1 Å². The van der Waals surface area contributed by atoms with E-state index in [0.717, 1.165) is 0 Å². The molecule has 0 radical (unpaired) electrons. The number of hydrogen-bond acceptors (Lipinski definition) is 5. The lowest BCUT2D eigenvalue weighted by Gasteiger charge is -2.11. The van der Waals surface area contributed by atoms with Gasteiger partial charge in [0.05, 0.1) is 18.5 Å². The third-order valence-electron chi connectivity index (χ3n) is 2.06. The van der Waals surface area contributed by atoms with E-state index in [1.807, 2.05) is 6.92 Å². The van der Waals surface area contributed by atoms with Crippen molar-refractivity contribution >= 4 is 9.84 Å². The average molecular weight is 232 g/mol. The van der Waals surface area contributed by atoms with Crippen molar-refractivity contribution in [3.63, 3.8) is 0 Å². The van der Waals surface area contributed by atoms with E-state index in [9.17, 15) is 8.42 Å². The van der Waals surface area contributed by atoms with Crippen molar-refractivity contribution in [3.05, 3.63) is 18.0 Å². The smallest absolute Gasteiger partial charge is 0.151 e. The molecule has 1 aromatic rings. The Bertz CT molecular complexity index is 372. The predicted octanol–water partition coefficient (Wildman–Crippen LogP) is 0.587. The summed E-state index contributed by atoms with van der Waals surface area (Å²) in [6.45, 7) is 3.99. The molecule has 1 rings (SSSR count). The van der Waals surface area contributed by atoms with Crippen molar-refractivity contribution in [2.75, 3.05) is 11.5 Å². The second kappa shape index (κ2) is 5.27. The standard InChI is InChI=1S/C9H16N2O3S/c1-3-15(12,13)7-8(2)10-6-9-4-5-11-14-9/h4-5,8,10H,3,6-7H2,1-2H3. The number of aromatic nitrogens is 1. The molecule has 0 bridgehead atoms. The van der Waals surface area contributed by atoms with E-state index in [2.05, 4.69) is 10.5 Å². The Balaban J connectivity index is 2.34. The molecule has 5 nitrogen and oxygen atoms in total. The van der Waals surface area contributed by atoms with Gasteiger partial charge in [0.25, 0.3) is 0 Å². The van der Waals surface area contributed by atoms with Gasteiger partial charge < -0.3 is 9.84 Å². The Morgan fingerprint density at radius 2 is 2.33 bits per heavy atom. The van der Waals surface area contributed by atoms with Crippen molar-refractivity contribution in [1.82, 2.24) is 10.5 Å². The molecule has 15 heavy (non-hydrogen) atoms. The van der Waals surface area contributed by atoms with E-state index in [1.165, 1.54) is 0 Å². The summed E-state index contributed by atoms with van der Waals surface area (Å²) in [6.07, 6.45) is 1.56. The van der Waals surface area contributed by atoms with Crippen molar-refractivity contribution in [1.29, 1.82) is 0 Å². The van der Waals surface area contributed by atoms with Crippen LogP contribution >= 0.6 is 0 Å². The SMILES string of the molecule is CCS(=O)(=O)CC(C)NCc1ccno1. The Labute approximate surface area is 89.8 Å². The maximum absolute atomic E-state index is 11.3. The first-order valence-electron chi connectivity index (χ1n) is 4.87. The fourth-order valence-electron chi connectivity index (χ4n) is 1.17. The number of rotatable bonds is 6. The van der Waals surface area contributed by atoms with Crippen LogP contribution in [0.4, 0.5) is 0 Å². The summed E-state index contributed by atoms with van der Waals surface area (Å²) in [5.74, 6) is 1.04. The van der Waals surface area contributed by atoms with Gasteiger partial charge in [-0.2, -0.15) is 0 Å². The second-order valence-corrected chi connectivity index (χ2v) is 5.86. The van der Waals surface area contributed by atoms with Crippen LogP contribution in [0.25, 0.3) is 0 Å². The Kier molecular flexibility index (Phi) is 4.28. The zero-order valence-electron chi connectivity index (χ0n) is 8.93. The van der Waals surface area contributed by atoms with Crippen LogP contribution < -0.4 is 5.32 Å². The van der Waals surface area contributed by atoms with Crippen molar-refractivity contribution in [2.24, 2.45) is 0 Å². The molecule has 1 heterocycles. The van der Waals surface area contributed by atoms with Gasteiger partial charge in [-0.15, -0.1) is 0 Å². The van der Waals surface area contributed by atoms with E-state index < -0.39 is 9.84 Å². The van der Waals surface area contributed by atoms with Crippen LogP contribution in [-0.4, -0.2) is 31.1 Å². The summed E-state index contributed by atoms with van der Waals surface area (Å²) in [7, 11) is -2.92. The molecule has 0 aliphatic carbocycles. The molecule has 1 N–H and O–H groups in total. The molecule has 0 spiro atoms. The number of hydrogen-bond donors (Lipinski definition) is 1. The maximum atomic E-state index is 11.3. The summed E-state index contributed by atoms with van der Waals surface area (Å²) < 4.78 is 27.5. The molecule has 0 aliphatic heterocycles. The molecule has 6 heteroatoms. The Morgan fingerprint density at radius 3 is 2.87 bits per heavy atom. The molecule has 1 atom stereocenters. The Hall–Kier alpha value is -0.880. The van der Waals surface area contributed by atoms with Crippen LogP contribution in [-0.2, 0) is 16.4 Å². The van der Waals surface area contributed by atoms with E-state index in [4.69, 9.17) is 4.52 Å². The minimum Gasteiger partial charge on any atom is -0.360 e. The van der Waals surface area contributed by atoms with E-state index >= 15 is 0 Å². The fraction of sp³-hybridized carbons (Fsp3) is 0.667. The fourth-order valence-corrected chi connectivity index (χ4v) is 2.28. The zero-order chi connectivity index (χ0) is 11.3. The summed E-state index contributed by atoms with van der Waals surface area (Å²) in [5, 5.41) is 6.62. The summed E-state index contributed by atoms with van der Waals surface area (Å²) >= 11 is 0. The highest BCUT2D eigenvalue weighted by Gasteiger charge is 2.13. The van der Waals surface area contributed by atoms with Gasteiger partial charge in [-0.3, -0.25) is 0 Å². The van der Waals surface area contributed by atoms with Gasteiger partial charge in [-0.05, 0) is 6.92 Å². The van der Waals surface area contributed by atoms with Gasteiger partial charge in [-0.25, -0.2) is 8.42 Å². The van der Waals surface area contributed by atoms with Crippen LogP contribution in [0.1, 0.15) is 19.6 Å². The first kappa shape index (κ1) is 12.2. The first-order chi connectivity index (χ1) is 7.03. The molecule has 0 aromatic carbocycles. The van der Waals surface area contributed by atoms with E-state index in [0.29, 0.717) is 12.3 Å². The van der Waals surface area contributed by atoms with E-state index in [1.54, 1.807) is 19.2 Å². The quantitative estimate of drug-likeness (QED) is 0.777. The molecule has 1 unspecified atom stereocenters. The molecular weight excluding hydrogens is 216 g/mol. The third kappa shape index (κ3) is 4.44. The largest absolute Gasteiger partial charge is 0.360 e. The van der Waals surface area contributed by atoms with Crippen molar-refractivity contribution < 1.29 is 12.9 Å². The van der Waals surface area contributed by atoms with Crippen LogP contribution in [0.15, 0.2) is 16.8 Å². The lowest BCUT2D eigenvalue weighted by molar-refractivity contribution is 0.367. The number of sulfone groups is 1. The first-order valence-corrected chi connectivity index (χ1v) is 6.69. The Morgan fingerprint density at radius 1 is 1.60 bits per heavy atom. The predicted molar refractivity (Wildman–Crippen MR) is 57.1 cm³/mol. The molecular formula is C9H16N2O3S. The summed E-state index contributed by atoms with van der Waals surface area (Å²) in [5.41, 5.74) is 0. The number of nitrogens with one attached hydrogen (secondary N) is 1. The second-order valence-electron chi connectivity index (χ2n) is 3.46. The normalized spacial score (nSPS) is 14.0. The molecule has 0 fully saturated rings. The highest BCUT2D eigenvalue weighted by atomic mass is 32.2. The lowest BCUT2D eigenvalue weighted by atomic mass is 10.3. The topological polar surface area (TPSA) is 72.2 Å². The molecule has 0 amide bonds. The van der Waals surface area contributed by atoms with Gasteiger partial charge in [0.1, 0.15) is 5.76 Å². The summed E-state index contributed by atoms with van der Waals surface area (Å²) in [4.78, 5) is 0. The average Bonchev–Trinajstić information content (AvgIpc) is 2.66. The van der Waals surface area contributed by atoms with Crippen molar-refractivity contribution in [3.8, 4) is 0 Å². The van der Waals surface area contributed by atoms with Gasteiger partial charge in [0, 0.05) is 17.9 Å². The minimum absolute atomic E-state index is 0.0833.